The minimum absolute atomic E-state index is 0.150. The fraction of sp³-hybridized carbons (Fsp3) is 0.263. The molecule has 3 aromatic rings. The third-order valence-corrected chi connectivity index (χ3v) is 5.32. The molecule has 0 saturated carbocycles. The van der Waals surface area contributed by atoms with Crippen LogP contribution in [0.4, 0.5) is 5.13 Å². The molecule has 0 atom stereocenters. The Hall–Kier alpha value is -3.20. The predicted octanol–water partition coefficient (Wildman–Crippen LogP) is 2.73. The summed E-state index contributed by atoms with van der Waals surface area (Å²) in [5.74, 6) is 0.686. The molecule has 1 aliphatic heterocycles. The molecule has 2 amide bonds. The third-order valence-electron chi connectivity index (χ3n) is 4.26. The zero-order chi connectivity index (χ0) is 19.8. The zero-order valence-electron chi connectivity index (χ0n) is 15.6. The summed E-state index contributed by atoms with van der Waals surface area (Å²) < 4.78 is 11.2. The summed E-state index contributed by atoms with van der Waals surface area (Å²) >= 11 is 1.14. The smallest absolute Gasteiger partial charge is 0.276 e. The second kappa shape index (κ2) is 7.08. The molecule has 8 nitrogen and oxygen atoms in total. The maximum Gasteiger partial charge on any atom is 0.276 e. The first kappa shape index (κ1) is 18.2. The number of aryl methyl sites for hydroxylation is 1. The minimum atomic E-state index is -0.403. The van der Waals surface area contributed by atoms with Gasteiger partial charge in [0.25, 0.3) is 11.8 Å². The summed E-state index contributed by atoms with van der Waals surface area (Å²) in [5, 5.41) is 4.58. The Morgan fingerprint density at radius 2 is 1.89 bits per heavy atom. The first-order valence-electron chi connectivity index (χ1n) is 8.63. The van der Waals surface area contributed by atoms with Crippen LogP contribution in [-0.4, -0.2) is 54.0 Å². The molecule has 1 N–H and O–H groups in total. The van der Waals surface area contributed by atoms with Crippen LogP contribution in [0.2, 0.25) is 0 Å². The van der Waals surface area contributed by atoms with Crippen LogP contribution < -0.4 is 14.8 Å². The van der Waals surface area contributed by atoms with Gasteiger partial charge >= 0.3 is 0 Å². The molecule has 2 aromatic heterocycles. The number of nitrogens with one attached hydrogen (secondary N) is 1. The van der Waals surface area contributed by atoms with Gasteiger partial charge in [-0.2, -0.15) is 0 Å². The van der Waals surface area contributed by atoms with Gasteiger partial charge in [0.05, 0.1) is 5.69 Å². The second-order valence-corrected chi connectivity index (χ2v) is 7.46. The SMILES string of the molecule is Cc1nc(NC(=O)c2nccc3cc4c(cc23)OCCO4)sc1C(=O)N(C)C. The first-order chi connectivity index (χ1) is 13.4. The molecule has 28 heavy (non-hydrogen) atoms. The lowest BCUT2D eigenvalue weighted by Crippen LogP contribution is -2.21. The van der Waals surface area contributed by atoms with Gasteiger partial charge in [-0.15, -0.1) is 0 Å². The van der Waals surface area contributed by atoms with E-state index in [1.165, 1.54) is 4.90 Å². The number of thiazole rings is 1. The summed E-state index contributed by atoms with van der Waals surface area (Å²) in [6.07, 6.45) is 1.57. The molecule has 0 fully saturated rings. The van der Waals surface area contributed by atoms with E-state index in [0.29, 0.717) is 45.8 Å². The van der Waals surface area contributed by atoms with E-state index in [-0.39, 0.29) is 11.6 Å². The van der Waals surface area contributed by atoms with Crippen LogP contribution in [0, 0.1) is 6.92 Å². The highest BCUT2D eigenvalue weighted by Gasteiger charge is 2.21. The highest BCUT2D eigenvalue weighted by molar-refractivity contribution is 7.17. The van der Waals surface area contributed by atoms with Crippen molar-refractivity contribution in [3.8, 4) is 11.5 Å². The summed E-state index contributed by atoms with van der Waals surface area (Å²) in [7, 11) is 3.35. The maximum atomic E-state index is 12.8. The Balaban J connectivity index is 1.66. The van der Waals surface area contributed by atoms with Crippen molar-refractivity contribution in [2.45, 2.75) is 6.92 Å². The summed E-state index contributed by atoms with van der Waals surface area (Å²) in [6.45, 7) is 2.69. The quantitative estimate of drug-likeness (QED) is 0.729. The molecule has 0 bridgehead atoms. The molecule has 0 unspecified atom stereocenters. The van der Waals surface area contributed by atoms with Gasteiger partial charge in [-0.1, -0.05) is 11.3 Å². The van der Waals surface area contributed by atoms with Crippen LogP contribution in [0.15, 0.2) is 24.4 Å². The molecule has 0 spiro atoms. The number of amides is 2. The number of hydrogen-bond acceptors (Lipinski definition) is 7. The Kier molecular flexibility index (Phi) is 4.60. The van der Waals surface area contributed by atoms with Crippen LogP contribution in [0.5, 0.6) is 11.5 Å². The van der Waals surface area contributed by atoms with Gasteiger partial charge in [0.15, 0.2) is 16.6 Å². The van der Waals surface area contributed by atoms with E-state index >= 15 is 0 Å². The molecular formula is C19H18N4O4S. The third kappa shape index (κ3) is 3.24. The Labute approximate surface area is 165 Å². The predicted molar refractivity (Wildman–Crippen MR) is 106 cm³/mol. The van der Waals surface area contributed by atoms with Crippen molar-refractivity contribution >= 4 is 39.1 Å². The first-order valence-corrected chi connectivity index (χ1v) is 9.44. The van der Waals surface area contributed by atoms with Crippen molar-refractivity contribution in [1.29, 1.82) is 0 Å². The number of ether oxygens (including phenoxy) is 2. The lowest BCUT2D eigenvalue weighted by Gasteiger charge is -2.19. The van der Waals surface area contributed by atoms with Crippen molar-refractivity contribution in [2.75, 3.05) is 32.6 Å². The number of benzene rings is 1. The van der Waals surface area contributed by atoms with E-state index in [4.69, 9.17) is 9.47 Å². The van der Waals surface area contributed by atoms with Crippen LogP contribution in [0.3, 0.4) is 0 Å². The van der Waals surface area contributed by atoms with Crippen molar-refractivity contribution in [1.82, 2.24) is 14.9 Å². The number of anilines is 1. The molecule has 1 aliphatic rings. The minimum Gasteiger partial charge on any atom is -0.486 e. The van der Waals surface area contributed by atoms with E-state index in [1.54, 1.807) is 33.3 Å². The van der Waals surface area contributed by atoms with Crippen molar-refractivity contribution < 1.29 is 19.1 Å². The maximum absolute atomic E-state index is 12.8. The molecule has 0 saturated heterocycles. The number of pyridine rings is 1. The van der Waals surface area contributed by atoms with E-state index in [1.807, 2.05) is 12.1 Å². The van der Waals surface area contributed by atoms with E-state index in [2.05, 4.69) is 15.3 Å². The normalized spacial score (nSPS) is 12.7. The Morgan fingerprint density at radius 3 is 2.61 bits per heavy atom. The fourth-order valence-corrected chi connectivity index (χ4v) is 3.88. The molecule has 0 radical (unpaired) electrons. The van der Waals surface area contributed by atoms with E-state index in [9.17, 15) is 9.59 Å². The highest BCUT2D eigenvalue weighted by Crippen LogP contribution is 2.35. The van der Waals surface area contributed by atoms with Gasteiger partial charge in [-0.3, -0.25) is 19.9 Å². The van der Waals surface area contributed by atoms with Gasteiger partial charge in [0, 0.05) is 25.7 Å². The van der Waals surface area contributed by atoms with Crippen LogP contribution >= 0.6 is 11.3 Å². The van der Waals surface area contributed by atoms with Gasteiger partial charge < -0.3 is 14.4 Å². The number of carbonyl (C=O) groups is 2. The molecule has 1 aromatic carbocycles. The van der Waals surface area contributed by atoms with E-state index < -0.39 is 5.91 Å². The zero-order valence-corrected chi connectivity index (χ0v) is 16.4. The summed E-state index contributed by atoms with van der Waals surface area (Å²) in [5.41, 5.74) is 0.826. The lowest BCUT2D eigenvalue weighted by atomic mass is 10.1. The number of aromatic nitrogens is 2. The van der Waals surface area contributed by atoms with Gasteiger partial charge in [0.1, 0.15) is 23.8 Å². The van der Waals surface area contributed by atoms with Gasteiger partial charge in [-0.25, -0.2) is 4.98 Å². The van der Waals surface area contributed by atoms with Gasteiger partial charge in [0.2, 0.25) is 0 Å². The second-order valence-electron chi connectivity index (χ2n) is 6.46. The molecular weight excluding hydrogens is 380 g/mol. The Morgan fingerprint density at radius 1 is 1.18 bits per heavy atom. The number of fused-ring (bicyclic) bond motifs is 2. The molecule has 3 heterocycles. The molecule has 4 rings (SSSR count). The molecule has 0 aliphatic carbocycles. The average molecular weight is 398 g/mol. The van der Waals surface area contributed by atoms with E-state index in [0.717, 1.165) is 16.7 Å². The van der Waals surface area contributed by atoms with Crippen LogP contribution in [-0.2, 0) is 0 Å². The summed E-state index contributed by atoms with van der Waals surface area (Å²) in [6, 6.07) is 5.41. The lowest BCUT2D eigenvalue weighted by molar-refractivity contribution is 0.0831. The summed E-state index contributed by atoms with van der Waals surface area (Å²) in [4.78, 5) is 35.5. The average Bonchev–Trinajstić information content (AvgIpc) is 3.04. The van der Waals surface area contributed by atoms with Gasteiger partial charge in [-0.05, 0) is 30.5 Å². The highest BCUT2D eigenvalue weighted by atomic mass is 32.1. The van der Waals surface area contributed by atoms with Crippen LogP contribution in [0.1, 0.15) is 25.9 Å². The number of rotatable bonds is 3. The fourth-order valence-electron chi connectivity index (χ4n) is 2.90. The Bertz CT molecular complexity index is 1090. The number of hydrogen-bond donors (Lipinski definition) is 1. The standard InChI is InChI=1S/C19H18N4O4S/c1-10-16(18(25)23(2)3)28-19(21-10)22-17(24)15-12-9-14-13(26-6-7-27-14)8-11(12)4-5-20-15/h4-5,8-9H,6-7H2,1-3H3,(H,21,22,24). The number of carbonyl (C=O) groups excluding carboxylic acids is 2. The number of nitrogens with zero attached hydrogens (tertiary/aromatic N) is 3. The van der Waals surface area contributed by atoms with Crippen molar-refractivity contribution in [2.24, 2.45) is 0 Å². The van der Waals surface area contributed by atoms with Crippen LogP contribution in [0.25, 0.3) is 10.8 Å². The molecule has 9 heteroatoms. The largest absolute Gasteiger partial charge is 0.486 e. The topological polar surface area (TPSA) is 93.6 Å². The monoisotopic (exact) mass is 398 g/mol. The van der Waals surface area contributed by atoms with Crippen molar-refractivity contribution in [3.63, 3.8) is 0 Å². The van der Waals surface area contributed by atoms with Crippen molar-refractivity contribution in [3.05, 3.63) is 40.7 Å². The molecule has 144 valence electrons.